The number of aromatic nitrogens is 2. The van der Waals surface area contributed by atoms with Gasteiger partial charge in [-0.15, -0.1) is 11.3 Å². The standard InChI is InChI=1S/C23H19FN4O4S/c1-13-11-15(24)3-8-18(13)28-22(31)21-19(9-10-33-21)27(23(28)32)12-20(30)26-17-6-4-16(5-7-17)25-14(2)29/h3-11H,12H2,1-2H3,(H,25,29)(H,26,30). The van der Waals surface area contributed by atoms with Gasteiger partial charge in [0.25, 0.3) is 5.56 Å². The molecule has 0 atom stereocenters. The Hall–Kier alpha value is -4.05. The Kier molecular flexibility index (Phi) is 5.93. The molecule has 0 saturated heterocycles. The van der Waals surface area contributed by atoms with Crippen molar-refractivity contribution in [1.29, 1.82) is 0 Å². The van der Waals surface area contributed by atoms with Crippen LogP contribution in [0.4, 0.5) is 15.8 Å². The molecule has 4 aromatic rings. The number of nitrogens with zero attached hydrogens (tertiary/aromatic N) is 2. The minimum atomic E-state index is -0.697. The highest BCUT2D eigenvalue weighted by molar-refractivity contribution is 7.17. The summed E-state index contributed by atoms with van der Waals surface area (Å²) in [6.07, 6.45) is 0. The molecule has 0 spiro atoms. The highest BCUT2D eigenvalue weighted by Gasteiger charge is 2.19. The van der Waals surface area contributed by atoms with Crippen molar-refractivity contribution >= 4 is 44.7 Å². The summed E-state index contributed by atoms with van der Waals surface area (Å²) in [4.78, 5) is 50.2. The molecule has 0 bridgehead atoms. The summed E-state index contributed by atoms with van der Waals surface area (Å²) in [5.41, 5.74) is 0.860. The summed E-state index contributed by atoms with van der Waals surface area (Å²) in [5.74, 6) is -1.17. The highest BCUT2D eigenvalue weighted by atomic mass is 32.1. The third-order valence-corrected chi connectivity index (χ3v) is 5.84. The predicted molar refractivity (Wildman–Crippen MR) is 126 cm³/mol. The number of benzene rings is 2. The maximum atomic E-state index is 13.6. The topological polar surface area (TPSA) is 102 Å². The molecule has 10 heteroatoms. The number of halogens is 1. The number of amides is 2. The minimum absolute atomic E-state index is 0.211. The number of nitrogens with one attached hydrogen (secondary N) is 2. The van der Waals surface area contributed by atoms with E-state index in [4.69, 9.17) is 0 Å². The van der Waals surface area contributed by atoms with Crippen molar-refractivity contribution in [3.05, 3.63) is 86.1 Å². The van der Waals surface area contributed by atoms with E-state index in [9.17, 15) is 23.6 Å². The van der Waals surface area contributed by atoms with Gasteiger partial charge in [0.1, 0.15) is 17.1 Å². The van der Waals surface area contributed by atoms with Crippen LogP contribution < -0.4 is 21.9 Å². The summed E-state index contributed by atoms with van der Waals surface area (Å²) < 4.78 is 16.1. The number of rotatable bonds is 5. The number of hydrogen-bond acceptors (Lipinski definition) is 5. The van der Waals surface area contributed by atoms with Gasteiger partial charge in [-0.25, -0.2) is 13.8 Å². The summed E-state index contributed by atoms with van der Waals surface area (Å²) in [7, 11) is 0. The molecular formula is C23H19FN4O4S. The van der Waals surface area contributed by atoms with Crippen molar-refractivity contribution < 1.29 is 14.0 Å². The molecule has 2 aromatic heterocycles. The fourth-order valence-electron chi connectivity index (χ4n) is 3.51. The number of anilines is 2. The molecule has 8 nitrogen and oxygen atoms in total. The summed E-state index contributed by atoms with van der Waals surface area (Å²) in [6.45, 7) is 2.66. The molecule has 2 amide bonds. The first kappa shape index (κ1) is 22.2. The van der Waals surface area contributed by atoms with Crippen LogP contribution >= 0.6 is 11.3 Å². The fourth-order valence-corrected chi connectivity index (χ4v) is 4.33. The number of carbonyl (C=O) groups is 2. The third kappa shape index (κ3) is 4.46. The third-order valence-electron chi connectivity index (χ3n) is 4.95. The average molecular weight is 466 g/mol. The van der Waals surface area contributed by atoms with Gasteiger partial charge in [-0.1, -0.05) is 0 Å². The Morgan fingerprint density at radius 3 is 2.30 bits per heavy atom. The molecule has 0 aliphatic heterocycles. The summed E-state index contributed by atoms with van der Waals surface area (Å²) in [5, 5.41) is 7.01. The molecule has 0 aliphatic rings. The number of thiophene rings is 1. The largest absolute Gasteiger partial charge is 0.336 e. The fraction of sp³-hybridized carbons (Fsp3) is 0.130. The van der Waals surface area contributed by atoms with E-state index >= 15 is 0 Å². The van der Waals surface area contributed by atoms with E-state index in [2.05, 4.69) is 10.6 Å². The van der Waals surface area contributed by atoms with Gasteiger partial charge < -0.3 is 10.6 Å². The molecule has 168 valence electrons. The quantitative estimate of drug-likeness (QED) is 0.471. The SMILES string of the molecule is CC(=O)Nc1ccc(NC(=O)Cn2c(=O)n(-c3ccc(F)cc3C)c(=O)c3sccc32)cc1. The van der Waals surface area contributed by atoms with Crippen molar-refractivity contribution in [3.63, 3.8) is 0 Å². The maximum absolute atomic E-state index is 13.6. The maximum Gasteiger partial charge on any atom is 0.336 e. The van der Waals surface area contributed by atoms with Crippen LogP contribution in [-0.4, -0.2) is 20.9 Å². The number of fused-ring (bicyclic) bond motifs is 1. The van der Waals surface area contributed by atoms with E-state index in [1.807, 2.05) is 0 Å². The Morgan fingerprint density at radius 2 is 1.67 bits per heavy atom. The van der Waals surface area contributed by atoms with Crippen molar-refractivity contribution in [3.8, 4) is 5.69 Å². The number of carbonyl (C=O) groups excluding carboxylic acids is 2. The minimum Gasteiger partial charge on any atom is -0.326 e. The summed E-state index contributed by atoms with van der Waals surface area (Å²) >= 11 is 1.16. The molecule has 0 unspecified atom stereocenters. The van der Waals surface area contributed by atoms with Crippen molar-refractivity contribution in [2.24, 2.45) is 0 Å². The lowest BCUT2D eigenvalue weighted by atomic mass is 10.2. The Balaban J connectivity index is 1.70. The lowest BCUT2D eigenvalue weighted by molar-refractivity contribution is -0.117. The lowest BCUT2D eigenvalue weighted by Gasteiger charge is -2.14. The van der Waals surface area contributed by atoms with E-state index in [0.717, 1.165) is 15.9 Å². The number of aryl methyl sites for hydroxylation is 1. The molecule has 0 fully saturated rings. The van der Waals surface area contributed by atoms with Crippen molar-refractivity contribution in [2.75, 3.05) is 10.6 Å². The zero-order valence-electron chi connectivity index (χ0n) is 17.7. The van der Waals surface area contributed by atoms with Crippen LogP contribution in [0.15, 0.2) is 63.5 Å². The van der Waals surface area contributed by atoms with Crippen LogP contribution in [0.1, 0.15) is 12.5 Å². The van der Waals surface area contributed by atoms with Crippen molar-refractivity contribution in [1.82, 2.24) is 9.13 Å². The molecule has 33 heavy (non-hydrogen) atoms. The van der Waals surface area contributed by atoms with Crippen LogP contribution in [0, 0.1) is 12.7 Å². The second-order valence-electron chi connectivity index (χ2n) is 7.38. The van der Waals surface area contributed by atoms with Gasteiger partial charge in [0.2, 0.25) is 11.8 Å². The Morgan fingerprint density at radius 1 is 1.00 bits per heavy atom. The van der Waals surface area contributed by atoms with Gasteiger partial charge in [-0.05, 0) is 66.4 Å². The van der Waals surface area contributed by atoms with Gasteiger partial charge in [0.05, 0.1) is 11.2 Å². The van der Waals surface area contributed by atoms with Gasteiger partial charge in [0.15, 0.2) is 0 Å². The molecule has 0 aliphatic carbocycles. The number of hydrogen-bond donors (Lipinski definition) is 2. The van der Waals surface area contributed by atoms with Crippen LogP contribution in [0.3, 0.4) is 0 Å². The van der Waals surface area contributed by atoms with Crippen molar-refractivity contribution in [2.45, 2.75) is 20.4 Å². The first-order valence-corrected chi connectivity index (χ1v) is 10.8. The zero-order chi connectivity index (χ0) is 23.7. The second kappa shape index (κ2) is 8.83. The highest BCUT2D eigenvalue weighted by Crippen LogP contribution is 2.19. The van der Waals surface area contributed by atoms with E-state index in [1.165, 1.54) is 29.7 Å². The Bertz CT molecular complexity index is 1500. The summed E-state index contributed by atoms with van der Waals surface area (Å²) in [6, 6.07) is 11.9. The molecule has 2 heterocycles. The van der Waals surface area contributed by atoms with Crippen LogP contribution in [0.2, 0.25) is 0 Å². The van der Waals surface area contributed by atoms with E-state index in [0.29, 0.717) is 27.2 Å². The van der Waals surface area contributed by atoms with Gasteiger partial charge in [0, 0.05) is 18.3 Å². The average Bonchev–Trinajstić information content (AvgIpc) is 3.24. The van der Waals surface area contributed by atoms with E-state index in [-0.39, 0.29) is 18.1 Å². The van der Waals surface area contributed by atoms with E-state index in [1.54, 1.807) is 42.6 Å². The van der Waals surface area contributed by atoms with Gasteiger partial charge in [-0.2, -0.15) is 0 Å². The predicted octanol–water partition coefficient (Wildman–Crippen LogP) is 3.26. The first-order valence-electron chi connectivity index (χ1n) is 9.91. The molecular weight excluding hydrogens is 447 g/mol. The first-order chi connectivity index (χ1) is 15.7. The van der Waals surface area contributed by atoms with Crippen LogP contribution in [0.5, 0.6) is 0 Å². The second-order valence-corrected chi connectivity index (χ2v) is 8.30. The lowest BCUT2D eigenvalue weighted by Crippen LogP contribution is -2.40. The molecule has 4 rings (SSSR count). The molecule has 0 saturated carbocycles. The van der Waals surface area contributed by atoms with E-state index < -0.39 is 23.0 Å². The molecule has 2 N–H and O–H groups in total. The molecule has 0 radical (unpaired) electrons. The van der Waals surface area contributed by atoms with Crippen LogP contribution in [-0.2, 0) is 16.1 Å². The Labute approximate surface area is 190 Å². The van der Waals surface area contributed by atoms with Gasteiger partial charge in [-0.3, -0.25) is 19.0 Å². The van der Waals surface area contributed by atoms with Gasteiger partial charge >= 0.3 is 5.69 Å². The normalized spacial score (nSPS) is 10.9. The smallest absolute Gasteiger partial charge is 0.326 e. The van der Waals surface area contributed by atoms with Crippen LogP contribution in [0.25, 0.3) is 15.9 Å². The monoisotopic (exact) mass is 466 g/mol. The zero-order valence-corrected chi connectivity index (χ0v) is 18.5. The molecule has 2 aromatic carbocycles.